The summed E-state index contributed by atoms with van der Waals surface area (Å²) < 4.78 is 25.3. The average molecular weight is 915 g/mol. The molecule has 0 spiro atoms. The number of hydrogen-bond acceptors (Lipinski definition) is 9. The number of nitrogens with two attached hydrogens (primary N) is 1. The Morgan fingerprint density at radius 2 is 1.22 bits per heavy atom. The molecule has 1 atom stereocenters. The van der Waals surface area contributed by atoms with Gasteiger partial charge in [0.25, 0.3) is 0 Å². The van der Waals surface area contributed by atoms with Crippen molar-refractivity contribution in [1.29, 1.82) is 0 Å². The van der Waals surface area contributed by atoms with Gasteiger partial charge in [-0.25, -0.2) is 18.7 Å². The number of nitrogens with one attached hydrogen (secondary N) is 1. The zero-order valence-electron chi connectivity index (χ0n) is 30.0. The molecule has 4 aromatic carbocycles. The molecule has 0 aliphatic rings. The summed E-state index contributed by atoms with van der Waals surface area (Å²) in [7, 11) is 0. The largest absolute Gasteiger partial charge is 0.506 e. The van der Waals surface area contributed by atoms with E-state index in [1.807, 2.05) is 30.3 Å². The lowest BCUT2D eigenvalue weighted by molar-refractivity contribution is 0.112. The predicted octanol–water partition coefficient (Wildman–Crippen LogP) is 12.8. The number of anilines is 2. The van der Waals surface area contributed by atoms with Crippen LogP contribution in [-0.2, 0) is 0 Å². The van der Waals surface area contributed by atoms with Crippen molar-refractivity contribution in [3.63, 3.8) is 0 Å². The molecule has 0 bridgehead atoms. The van der Waals surface area contributed by atoms with Gasteiger partial charge in [0.05, 0.1) is 38.5 Å². The number of carbonyl (C=O) groups is 1. The number of halogens is 8. The van der Waals surface area contributed by atoms with Gasteiger partial charge in [-0.05, 0) is 66.7 Å². The Bertz CT molecular complexity index is 2690. The molecule has 59 heavy (non-hydrogen) atoms. The third kappa shape index (κ3) is 12.0. The average Bonchev–Trinajstić information content (AvgIpc) is 3.23. The Morgan fingerprint density at radius 1 is 0.627 bits per heavy atom. The van der Waals surface area contributed by atoms with Crippen LogP contribution in [0.4, 0.5) is 20.4 Å². The predicted molar refractivity (Wildman–Crippen MR) is 233 cm³/mol. The first-order valence-electron chi connectivity index (χ1n) is 16.8. The molecule has 0 radical (unpaired) electrons. The molecule has 17 heteroatoms. The lowest BCUT2D eigenvalue weighted by Gasteiger charge is -2.23. The number of nitrogens with zero attached hydrogens (tertiary/aromatic N) is 4. The van der Waals surface area contributed by atoms with Gasteiger partial charge in [0.2, 0.25) is 0 Å². The minimum Gasteiger partial charge on any atom is -0.506 e. The van der Waals surface area contributed by atoms with Gasteiger partial charge in [0.15, 0.2) is 6.29 Å². The number of hydrogen-bond donors (Lipinski definition) is 4. The molecule has 0 aliphatic heterocycles. The Hall–Kier alpha value is -5.53. The van der Waals surface area contributed by atoms with E-state index in [0.717, 1.165) is 23.2 Å². The van der Waals surface area contributed by atoms with Gasteiger partial charge in [0.1, 0.15) is 45.8 Å². The first-order valence-corrected chi connectivity index (χ1v) is 19.1. The fourth-order valence-corrected chi connectivity index (χ4v) is 6.62. The third-order valence-corrected chi connectivity index (χ3v) is 10.0. The molecule has 1 unspecified atom stereocenters. The van der Waals surface area contributed by atoms with E-state index in [0.29, 0.717) is 60.7 Å². The van der Waals surface area contributed by atoms with Crippen LogP contribution in [0, 0.1) is 11.6 Å². The van der Waals surface area contributed by atoms with E-state index in [2.05, 4.69) is 25.3 Å². The van der Waals surface area contributed by atoms with Crippen LogP contribution in [0.3, 0.4) is 0 Å². The normalized spacial score (nSPS) is 10.9. The van der Waals surface area contributed by atoms with Gasteiger partial charge in [0, 0.05) is 49.9 Å². The van der Waals surface area contributed by atoms with Crippen LogP contribution >= 0.6 is 69.6 Å². The van der Waals surface area contributed by atoms with Gasteiger partial charge >= 0.3 is 0 Å². The quantitative estimate of drug-likeness (QED) is 0.0978. The lowest BCUT2D eigenvalue weighted by atomic mass is 9.96. The number of nitrogen functional groups attached to an aromatic ring is 1. The van der Waals surface area contributed by atoms with Crippen molar-refractivity contribution in [2.24, 2.45) is 0 Å². The second-order valence-electron chi connectivity index (χ2n) is 12.0. The number of aromatic nitrogens is 4. The van der Waals surface area contributed by atoms with Gasteiger partial charge in [-0.15, -0.1) is 0 Å². The molecule has 4 heterocycles. The Balaban J connectivity index is 0.000000179. The Labute approximate surface area is 365 Å². The number of aldehydes is 1. The molecule has 9 nitrogen and oxygen atoms in total. The van der Waals surface area contributed by atoms with Crippen molar-refractivity contribution >= 4 is 109 Å². The van der Waals surface area contributed by atoms with Crippen LogP contribution < -0.4 is 11.1 Å². The van der Waals surface area contributed by atoms with Crippen LogP contribution in [0.25, 0.3) is 21.8 Å². The van der Waals surface area contributed by atoms with Crippen molar-refractivity contribution in [1.82, 2.24) is 19.9 Å². The second kappa shape index (κ2) is 20.9. The van der Waals surface area contributed by atoms with Crippen LogP contribution in [0.1, 0.15) is 27.5 Å². The van der Waals surface area contributed by atoms with E-state index in [9.17, 15) is 23.8 Å². The minimum atomic E-state index is -0.678. The summed E-state index contributed by atoms with van der Waals surface area (Å²) in [5, 5.41) is 27.0. The molecule has 8 rings (SSSR count). The molecule has 8 aromatic rings. The van der Waals surface area contributed by atoms with Gasteiger partial charge < -0.3 is 21.3 Å². The highest BCUT2D eigenvalue weighted by Crippen LogP contribution is 2.41. The van der Waals surface area contributed by atoms with E-state index >= 15 is 0 Å². The summed E-state index contributed by atoms with van der Waals surface area (Å²) in [6.07, 6.45) is 6.05. The fraction of sp³-hybridized carbons (Fsp3) is 0.0238. The summed E-state index contributed by atoms with van der Waals surface area (Å²) in [6, 6.07) is 27.2. The van der Waals surface area contributed by atoms with Crippen molar-refractivity contribution in [3.05, 3.63) is 186 Å². The molecule has 0 saturated carbocycles. The summed E-state index contributed by atoms with van der Waals surface area (Å²) in [6.45, 7) is 0. The SMILES string of the molecule is Nc1ccc(F)cn1.O=Cc1cc(Cl)cc(Cl)c1Cl.Oc1c(C(Nc2ccc(F)cn2)c2cc(Cl)cc(Cl)c2Cl)ccc2cccnc12.Oc1cccc2cccnc12. The van der Waals surface area contributed by atoms with Gasteiger partial charge in [-0.3, -0.25) is 14.8 Å². The number of pyridine rings is 4. The zero-order valence-corrected chi connectivity index (χ0v) is 34.5. The number of aromatic hydroxyl groups is 2. The van der Waals surface area contributed by atoms with Crippen molar-refractivity contribution < 1.29 is 23.8 Å². The smallest absolute Gasteiger partial charge is 0.151 e. The highest BCUT2D eigenvalue weighted by Gasteiger charge is 2.24. The third-order valence-electron chi connectivity index (χ3n) is 7.95. The van der Waals surface area contributed by atoms with Crippen molar-refractivity contribution in [3.8, 4) is 11.5 Å². The number of carbonyl (C=O) groups excluding carboxylic acids is 1. The summed E-state index contributed by atoms with van der Waals surface area (Å²) >= 11 is 35.8. The molecule has 0 amide bonds. The van der Waals surface area contributed by atoms with Gasteiger partial charge in [-0.1, -0.05) is 106 Å². The molecule has 4 aromatic heterocycles. The zero-order chi connectivity index (χ0) is 42.6. The molecule has 0 aliphatic carbocycles. The fourth-order valence-electron chi connectivity index (χ4n) is 5.23. The molecule has 5 N–H and O–H groups in total. The maximum Gasteiger partial charge on any atom is 0.151 e. The van der Waals surface area contributed by atoms with Gasteiger partial charge in [-0.2, -0.15) is 0 Å². The van der Waals surface area contributed by atoms with Crippen molar-refractivity contribution in [2.75, 3.05) is 11.1 Å². The number of rotatable bonds is 5. The summed E-state index contributed by atoms with van der Waals surface area (Å²) in [5.74, 6) is 0.112. The van der Waals surface area contributed by atoms with E-state index in [1.165, 1.54) is 42.5 Å². The Kier molecular flexibility index (Phi) is 15.8. The standard InChI is InChI=1S/C21H13Cl3FN3O.C9H7NO.C7H3Cl3O.C5H5FN2/c22-12-8-15(18(24)16(23)9-12)20(28-17-6-4-13(25)10-27-17)14-5-3-11-2-1-7-26-19(11)21(14)29;11-8-5-1-3-7-4-2-6-10-9(7)8;8-5-1-4(3-11)7(10)6(9)2-5;6-4-1-2-5(7)8-3-4/h1-10,20,29H,(H,27,28);1-6,11H;1-3H;1-3H,(H2,7,8). The maximum absolute atomic E-state index is 13.3. The van der Waals surface area contributed by atoms with E-state index in [4.69, 9.17) is 75.3 Å². The number of phenolic OH excluding ortho intramolecular Hbond substituents is 2. The number of fused-ring (bicyclic) bond motifs is 2. The molecular weight excluding hydrogens is 887 g/mol. The number of benzene rings is 4. The second-order valence-corrected chi connectivity index (χ2v) is 14.4. The monoisotopic (exact) mass is 912 g/mol. The first-order chi connectivity index (χ1) is 28.2. The van der Waals surface area contributed by atoms with E-state index in [-0.39, 0.29) is 32.4 Å². The summed E-state index contributed by atoms with van der Waals surface area (Å²) in [4.78, 5) is 26.2. The van der Waals surface area contributed by atoms with Crippen LogP contribution in [0.5, 0.6) is 11.5 Å². The first kappa shape index (κ1) is 44.6. The van der Waals surface area contributed by atoms with Crippen LogP contribution in [0.15, 0.2) is 128 Å². The Morgan fingerprint density at radius 3 is 1.81 bits per heavy atom. The van der Waals surface area contributed by atoms with E-state index < -0.39 is 11.9 Å². The number of para-hydroxylation sites is 1. The highest BCUT2D eigenvalue weighted by molar-refractivity contribution is 6.45. The maximum atomic E-state index is 13.3. The van der Waals surface area contributed by atoms with Crippen LogP contribution in [-0.4, -0.2) is 36.4 Å². The molecular formula is C42H28Cl6F2N6O3. The molecule has 0 fully saturated rings. The van der Waals surface area contributed by atoms with Crippen LogP contribution in [0.2, 0.25) is 30.1 Å². The number of phenols is 2. The topological polar surface area (TPSA) is 147 Å². The highest BCUT2D eigenvalue weighted by atomic mass is 35.5. The van der Waals surface area contributed by atoms with E-state index in [1.54, 1.807) is 42.7 Å². The molecule has 0 saturated heterocycles. The summed E-state index contributed by atoms with van der Waals surface area (Å²) in [5.41, 5.74) is 7.58. The molecule has 300 valence electrons. The van der Waals surface area contributed by atoms with Crippen molar-refractivity contribution in [2.45, 2.75) is 6.04 Å². The minimum absolute atomic E-state index is 0.0186. The lowest BCUT2D eigenvalue weighted by Crippen LogP contribution is -2.14.